The number of nitriles is 1. The minimum atomic E-state index is -0.977. The molecular formula is C12H13ClN2O3. The predicted octanol–water partition coefficient (Wildman–Crippen LogP) is 1.75. The number of carboxylic acids is 1. The van der Waals surface area contributed by atoms with Crippen molar-refractivity contribution in [2.24, 2.45) is 0 Å². The number of benzene rings is 1. The molecule has 1 aromatic carbocycles. The zero-order valence-electron chi connectivity index (χ0n) is 9.89. The molecule has 0 aliphatic heterocycles. The van der Waals surface area contributed by atoms with Crippen molar-refractivity contribution >= 4 is 23.3 Å². The molecule has 1 rings (SSSR count). The van der Waals surface area contributed by atoms with Crippen LogP contribution in [0.3, 0.4) is 0 Å². The first-order valence-electron chi connectivity index (χ1n) is 5.23. The number of hydrogen-bond acceptors (Lipinski definition) is 4. The van der Waals surface area contributed by atoms with Crippen LogP contribution < -0.4 is 4.90 Å². The Balaban J connectivity index is 3.06. The number of anilines is 1. The highest BCUT2D eigenvalue weighted by Crippen LogP contribution is 2.24. The molecule has 0 saturated carbocycles. The number of rotatable bonds is 6. The van der Waals surface area contributed by atoms with Crippen LogP contribution in [0.2, 0.25) is 5.02 Å². The zero-order valence-corrected chi connectivity index (χ0v) is 10.6. The number of hydrogen-bond donors (Lipinski definition) is 1. The predicted molar refractivity (Wildman–Crippen MR) is 67.9 cm³/mol. The Labute approximate surface area is 110 Å². The molecule has 0 aromatic heterocycles. The second-order valence-corrected chi connectivity index (χ2v) is 4.02. The summed E-state index contributed by atoms with van der Waals surface area (Å²) < 4.78 is 4.93. The third kappa shape index (κ3) is 3.91. The lowest BCUT2D eigenvalue weighted by molar-refractivity contribution is -0.135. The number of aliphatic carboxylic acids is 1. The van der Waals surface area contributed by atoms with E-state index in [1.807, 2.05) is 6.07 Å². The minimum Gasteiger partial charge on any atom is -0.480 e. The van der Waals surface area contributed by atoms with Crippen LogP contribution in [0.15, 0.2) is 18.2 Å². The molecule has 0 fully saturated rings. The van der Waals surface area contributed by atoms with E-state index in [1.54, 1.807) is 23.1 Å². The van der Waals surface area contributed by atoms with Gasteiger partial charge in [0.1, 0.15) is 12.6 Å². The number of nitrogens with zero attached hydrogens (tertiary/aromatic N) is 2. The Kier molecular flexibility index (Phi) is 5.43. The van der Waals surface area contributed by atoms with Crippen molar-refractivity contribution in [3.8, 4) is 6.07 Å². The molecule has 0 bridgehead atoms. The molecule has 1 aromatic rings. The van der Waals surface area contributed by atoms with Gasteiger partial charge >= 0.3 is 5.97 Å². The van der Waals surface area contributed by atoms with Gasteiger partial charge in [0, 0.05) is 18.7 Å². The first-order chi connectivity index (χ1) is 8.58. The maximum absolute atomic E-state index is 10.8. The van der Waals surface area contributed by atoms with Crippen LogP contribution in [0.25, 0.3) is 0 Å². The largest absolute Gasteiger partial charge is 0.480 e. The van der Waals surface area contributed by atoms with Gasteiger partial charge in [0.25, 0.3) is 0 Å². The van der Waals surface area contributed by atoms with E-state index in [0.29, 0.717) is 29.4 Å². The smallest absolute Gasteiger partial charge is 0.323 e. The monoisotopic (exact) mass is 268 g/mol. The summed E-state index contributed by atoms with van der Waals surface area (Å²) in [5.74, 6) is -0.977. The lowest BCUT2D eigenvalue weighted by atomic mass is 10.1. The summed E-state index contributed by atoms with van der Waals surface area (Å²) in [5, 5.41) is 18.4. The quantitative estimate of drug-likeness (QED) is 0.851. The van der Waals surface area contributed by atoms with Gasteiger partial charge in [-0.05, 0) is 18.2 Å². The molecule has 0 spiro atoms. The van der Waals surface area contributed by atoms with Gasteiger partial charge in [-0.2, -0.15) is 5.26 Å². The average Bonchev–Trinajstić information content (AvgIpc) is 2.34. The number of ether oxygens (including phenoxy) is 1. The molecule has 0 unspecified atom stereocenters. The van der Waals surface area contributed by atoms with Crippen LogP contribution in [0, 0.1) is 11.3 Å². The van der Waals surface area contributed by atoms with Crippen molar-refractivity contribution in [1.82, 2.24) is 0 Å². The molecule has 0 amide bonds. The van der Waals surface area contributed by atoms with E-state index in [-0.39, 0.29) is 6.54 Å². The van der Waals surface area contributed by atoms with Crippen molar-refractivity contribution in [1.29, 1.82) is 5.26 Å². The summed E-state index contributed by atoms with van der Waals surface area (Å²) in [6, 6.07) is 6.77. The fraction of sp³-hybridized carbons (Fsp3) is 0.333. The fourth-order valence-electron chi connectivity index (χ4n) is 1.51. The second kappa shape index (κ2) is 6.84. The summed E-state index contributed by atoms with van der Waals surface area (Å²) >= 11 is 5.87. The molecule has 0 heterocycles. The Hall–Kier alpha value is -1.77. The summed E-state index contributed by atoms with van der Waals surface area (Å²) in [5.41, 5.74) is 0.890. The first-order valence-corrected chi connectivity index (χ1v) is 5.61. The van der Waals surface area contributed by atoms with Crippen molar-refractivity contribution in [3.63, 3.8) is 0 Å². The topological polar surface area (TPSA) is 73.6 Å². The maximum atomic E-state index is 10.8. The van der Waals surface area contributed by atoms with Gasteiger partial charge in [-0.3, -0.25) is 4.79 Å². The normalized spacial score (nSPS) is 9.83. The third-order valence-electron chi connectivity index (χ3n) is 2.31. The molecule has 1 N–H and O–H groups in total. The Morgan fingerprint density at radius 1 is 1.61 bits per heavy atom. The highest BCUT2D eigenvalue weighted by molar-refractivity contribution is 6.30. The molecule has 5 nitrogen and oxygen atoms in total. The van der Waals surface area contributed by atoms with Gasteiger partial charge in [0.15, 0.2) is 0 Å². The molecule has 0 atom stereocenters. The van der Waals surface area contributed by atoms with E-state index < -0.39 is 5.97 Å². The maximum Gasteiger partial charge on any atom is 0.323 e. The molecule has 0 radical (unpaired) electrons. The molecule has 0 aliphatic rings. The second-order valence-electron chi connectivity index (χ2n) is 3.58. The summed E-state index contributed by atoms with van der Waals surface area (Å²) in [7, 11) is 1.53. The van der Waals surface area contributed by atoms with Crippen molar-refractivity contribution < 1.29 is 14.6 Å². The van der Waals surface area contributed by atoms with Crippen molar-refractivity contribution in [2.45, 2.75) is 0 Å². The van der Waals surface area contributed by atoms with Crippen LogP contribution in [0.1, 0.15) is 5.56 Å². The van der Waals surface area contributed by atoms with E-state index >= 15 is 0 Å². The van der Waals surface area contributed by atoms with Crippen LogP contribution in [-0.4, -0.2) is 37.9 Å². The van der Waals surface area contributed by atoms with Gasteiger partial charge in [-0.1, -0.05) is 11.6 Å². The molecule has 0 saturated heterocycles. The molecule has 96 valence electrons. The SMILES string of the molecule is COCCN(CC(=O)O)c1cc(Cl)ccc1C#N. The standard InChI is InChI=1S/C12H13ClN2O3/c1-18-5-4-15(8-12(16)17)11-6-10(13)3-2-9(11)7-14/h2-3,6H,4-5,8H2,1H3,(H,16,17). The molecule has 18 heavy (non-hydrogen) atoms. The summed E-state index contributed by atoms with van der Waals surface area (Å²) in [6.07, 6.45) is 0. The Bertz CT molecular complexity index is 471. The van der Waals surface area contributed by atoms with Crippen molar-refractivity contribution in [3.05, 3.63) is 28.8 Å². The van der Waals surface area contributed by atoms with E-state index in [9.17, 15) is 4.79 Å². The van der Waals surface area contributed by atoms with Gasteiger partial charge in [0.05, 0.1) is 17.9 Å². The third-order valence-corrected chi connectivity index (χ3v) is 2.55. The van der Waals surface area contributed by atoms with E-state index in [2.05, 4.69) is 0 Å². The number of methoxy groups -OCH3 is 1. The van der Waals surface area contributed by atoms with Crippen LogP contribution >= 0.6 is 11.6 Å². The lowest BCUT2D eigenvalue weighted by Gasteiger charge is -2.23. The van der Waals surface area contributed by atoms with Crippen LogP contribution in [0.5, 0.6) is 0 Å². The molecular weight excluding hydrogens is 256 g/mol. The lowest BCUT2D eigenvalue weighted by Crippen LogP contribution is -2.33. The van der Waals surface area contributed by atoms with E-state index in [1.165, 1.54) is 7.11 Å². The number of carbonyl (C=O) groups is 1. The Morgan fingerprint density at radius 3 is 2.89 bits per heavy atom. The molecule has 0 aliphatic carbocycles. The zero-order chi connectivity index (χ0) is 13.5. The average molecular weight is 269 g/mol. The van der Waals surface area contributed by atoms with Gasteiger partial charge in [0.2, 0.25) is 0 Å². The Morgan fingerprint density at radius 2 is 2.33 bits per heavy atom. The van der Waals surface area contributed by atoms with Gasteiger partial charge in [-0.25, -0.2) is 0 Å². The van der Waals surface area contributed by atoms with E-state index in [0.717, 1.165) is 0 Å². The van der Waals surface area contributed by atoms with Crippen LogP contribution in [0.4, 0.5) is 5.69 Å². The van der Waals surface area contributed by atoms with Crippen LogP contribution in [-0.2, 0) is 9.53 Å². The van der Waals surface area contributed by atoms with Gasteiger partial charge in [-0.15, -0.1) is 0 Å². The summed E-state index contributed by atoms with van der Waals surface area (Å²) in [4.78, 5) is 12.4. The summed E-state index contributed by atoms with van der Waals surface area (Å²) in [6.45, 7) is 0.529. The minimum absolute atomic E-state index is 0.210. The van der Waals surface area contributed by atoms with Crippen molar-refractivity contribution in [2.75, 3.05) is 31.7 Å². The highest BCUT2D eigenvalue weighted by atomic mass is 35.5. The van der Waals surface area contributed by atoms with E-state index in [4.69, 9.17) is 26.7 Å². The fourth-order valence-corrected chi connectivity index (χ4v) is 1.68. The molecule has 6 heteroatoms. The first kappa shape index (κ1) is 14.3. The van der Waals surface area contributed by atoms with Gasteiger partial charge < -0.3 is 14.7 Å². The number of halogens is 1. The number of carboxylic acid groups (broad SMARTS) is 1. The highest BCUT2D eigenvalue weighted by Gasteiger charge is 2.14.